The molecule has 0 amide bonds. The van der Waals surface area contributed by atoms with Gasteiger partial charge in [0.1, 0.15) is 0 Å². The molecule has 2 aromatic carbocycles. The molecule has 2 aromatic rings. The van der Waals surface area contributed by atoms with Crippen molar-refractivity contribution in [2.24, 2.45) is 0 Å². The molecule has 0 aliphatic carbocycles. The van der Waals surface area contributed by atoms with Crippen LogP contribution in [0.25, 0.3) is 0 Å². The minimum atomic E-state index is -4.47. The Balaban J connectivity index is 2.53. The average molecular weight is 352 g/mol. The standard InChI is InChI=1S/C18H15F3O4/c1-17(10-18(19,20)21,13-6-2-11(3-7-13)15(22)23)14-8-4-12(5-9-14)16(24)25/h2-9H,10H2,1H3,(H,22,23)(H,24,25). The molecule has 0 spiro atoms. The summed E-state index contributed by atoms with van der Waals surface area (Å²) in [5.41, 5.74) is -0.957. The van der Waals surface area contributed by atoms with E-state index in [1.165, 1.54) is 55.5 Å². The number of hydrogen-bond donors (Lipinski definition) is 2. The van der Waals surface area contributed by atoms with E-state index in [9.17, 15) is 22.8 Å². The topological polar surface area (TPSA) is 74.6 Å². The summed E-state index contributed by atoms with van der Waals surface area (Å²) in [6.45, 7) is 1.39. The fourth-order valence-electron chi connectivity index (χ4n) is 2.73. The van der Waals surface area contributed by atoms with Crippen LogP contribution in [0.3, 0.4) is 0 Å². The van der Waals surface area contributed by atoms with E-state index in [0.29, 0.717) is 0 Å². The lowest BCUT2D eigenvalue weighted by Gasteiger charge is -2.32. The summed E-state index contributed by atoms with van der Waals surface area (Å²) in [4.78, 5) is 21.9. The lowest BCUT2D eigenvalue weighted by molar-refractivity contribution is -0.144. The fourth-order valence-corrected chi connectivity index (χ4v) is 2.73. The van der Waals surface area contributed by atoms with Crippen LogP contribution in [0.2, 0.25) is 0 Å². The van der Waals surface area contributed by atoms with Gasteiger partial charge in [0.2, 0.25) is 0 Å². The molecule has 0 aromatic heterocycles. The van der Waals surface area contributed by atoms with Gasteiger partial charge in [-0.25, -0.2) is 9.59 Å². The van der Waals surface area contributed by atoms with Gasteiger partial charge in [0.25, 0.3) is 0 Å². The van der Waals surface area contributed by atoms with Gasteiger partial charge in [0.15, 0.2) is 0 Å². The Kier molecular flexibility index (Phi) is 4.87. The van der Waals surface area contributed by atoms with Crippen molar-refractivity contribution in [3.63, 3.8) is 0 Å². The molecule has 2 rings (SSSR count). The van der Waals surface area contributed by atoms with E-state index in [1.54, 1.807) is 0 Å². The van der Waals surface area contributed by atoms with Gasteiger partial charge in [-0.2, -0.15) is 13.2 Å². The van der Waals surface area contributed by atoms with Crippen molar-refractivity contribution in [3.05, 3.63) is 70.8 Å². The summed E-state index contributed by atoms with van der Waals surface area (Å²) >= 11 is 0. The number of rotatable bonds is 5. The Morgan fingerprint density at radius 2 is 1.12 bits per heavy atom. The van der Waals surface area contributed by atoms with Crippen molar-refractivity contribution < 1.29 is 33.0 Å². The number of halogens is 3. The molecule has 0 saturated carbocycles. The smallest absolute Gasteiger partial charge is 0.390 e. The molecular weight excluding hydrogens is 337 g/mol. The van der Waals surface area contributed by atoms with Crippen LogP contribution in [-0.4, -0.2) is 28.3 Å². The number of carboxylic acid groups (broad SMARTS) is 2. The van der Waals surface area contributed by atoms with Gasteiger partial charge in [-0.05, 0) is 35.4 Å². The Labute approximate surface area is 141 Å². The molecule has 0 bridgehead atoms. The Hall–Kier alpha value is -2.83. The molecule has 132 valence electrons. The maximum Gasteiger partial charge on any atom is 0.390 e. The average Bonchev–Trinajstić information content (AvgIpc) is 2.53. The summed E-state index contributed by atoms with van der Waals surface area (Å²) < 4.78 is 39.4. The first-order valence-electron chi connectivity index (χ1n) is 7.27. The third kappa shape index (κ3) is 4.17. The number of aromatic carboxylic acids is 2. The molecule has 7 heteroatoms. The highest BCUT2D eigenvalue weighted by atomic mass is 19.4. The Morgan fingerprint density at radius 1 is 0.800 bits per heavy atom. The fraction of sp³-hybridized carbons (Fsp3) is 0.222. The first kappa shape index (κ1) is 18.5. The second-order valence-corrected chi connectivity index (χ2v) is 5.89. The highest BCUT2D eigenvalue weighted by Gasteiger charge is 2.41. The van der Waals surface area contributed by atoms with Gasteiger partial charge in [0.05, 0.1) is 17.5 Å². The molecule has 4 nitrogen and oxygen atoms in total. The predicted octanol–water partition coefficient (Wildman–Crippen LogP) is 4.34. The molecule has 0 atom stereocenters. The quantitative estimate of drug-likeness (QED) is 0.839. The van der Waals surface area contributed by atoms with E-state index in [0.717, 1.165) is 0 Å². The van der Waals surface area contributed by atoms with Crippen LogP contribution >= 0.6 is 0 Å². The first-order chi connectivity index (χ1) is 11.5. The number of carbonyl (C=O) groups is 2. The summed E-state index contributed by atoms with van der Waals surface area (Å²) in [6, 6.07) is 10.4. The normalized spacial score (nSPS) is 12.0. The minimum Gasteiger partial charge on any atom is -0.478 e. The van der Waals surface area contributed by atoms with Crippen molar-refractivity contribution in [2.75, 3.05) is 0 Å². The monoisotopic (exact) mass is 352 g/mol. The molecule has 0 saturated heterocycles. The molecule has 0 aliphatic heterocycles. The summed E-state index contributed by atoms with van der Waals surface area (Å²) in [7, 11) is 0. The van der Waals surface area contributed by atoms with Gasteiger partial charge in [-0.3, -0.25) is 0 Å². The molecule has 0 radical (unpaired) electrons. The molecule has 0 unspecified atom stereocenters. The zero-order valence-electron chi connectivity index (χ0n) is 13.2. The lowest BCUT2D eigenvalue weighted by Crippen LogP contribution is -2.30. The number of alkyl halides is 3. The van der Waals surface area contributed by atoms with Crippen LogP contribution in [0, 0.1) is 0 Å². The van der Waals surface area contributed by atoms with E-state index < -0.39 is 30.0 Å². The van der Waals surface area contributed by atoms with Crippen LogP contribution in [0.4, 0.5) is 13.2 Å². The van der Waals surface area contributed by atoms with Crippen LogP contribution < -0.4 is 0 Å². The Morgan fingerprint density at radius 3 is 1.36 bits per heavy atom. The largest absolute Gasteiger partial charge is 0.478 e. The van der Waals surface area contributed by atoms with Crippen molar-refractivity contribution in [3.8, 4) is 0 Å². The van der Waals surface area contributed by atoms with Gasteiger partial charge in [-0.1, -0.05) is 31.2 Å². The second-order valence-electron chi connectivity index (χ2n) is 5.89. The highest BCUT2D eigenvalue weighted by Crippen LogP contribution is 2.41. The summed E-state index contributed by atoms with van der Waals surface area (Å²) in [5, 5.41) is 17.9. The zero-order chi connectivity index (χ0) is 18.8. The van der Waals surface area contributed by atoms with Gasteiger partial charge >= 0.3 is 18.1 Å². The second kappa shape index (κ2) is 6.58. The van der Waals surface area contributed by atoms with E-state index >= 15 is 0 Å². The molecule has 2 N–H and O–H groups in total. The van der Waals surface area contributed by atoms with Crippen LogP contribution in [-0.2, 0) is 5.41 Å². The molecule has 0 aliphatic rings. The maximum atomic E-state index is 13.1. The third-order valence-corrected chi connectivity index (χ3v) is 4.09. The number of hydrogen-bond acceptors (Lipinski definition) is 2. The number of carboxylic acids is 2. The SMILES string of the molecule is CC(CC(F)(F)F)(c1ccc(C(=O)O)cc1)c1ccc(C(=O)O)cc1. The predicted molar refractivity (Wildman–Crippen MR) is 83.9 cm³/mol. The molecular formula is C18H15F3O4. The molecule has 25 heavy (non-hydrogen) atoms. The summed E-state index contributed by atoms with van der Waals surface area (Å²) in [6.07, 6.45) is -5.63. The van der Waals surface area contributed by atoms with Crippen molar-refractivity contribution in [1.29, 1.82) is 0 Å². The Bertz CT molecular complexity index is 720. The molecule has 0 fully saturated rings. The molecule has 0 heterocycles. The maximum absolute atomic E-state index is 13.1. The number of benzene rings is 2. The highest BCUT2D eigenvalue weighted by molar-refractivity contribution is 5.88. The van der Waals surface area contributed by atoms with Crippen molar-refractivity contribution >= 4 is 11.9 Å². The van der Waals surface area contributed by atoms with E-state index in [1.807, 2.05) is 0 Å². The van der Waals surface area contributed by atoms with E-state index in [2.05, 4.69) is 0 Å². The third-order valence-electron chi connectivity index (χ3n) is 4.09. The van der Waals surface area contributed by atoms with Crippen molar-refractivity contribution in [1.82, 2.24) is 0 Å². The van der Waals surface area contributed by atoms with Gasteiger partial charge < -0.3 is 10.2 Å². The van der Waals surface area contributed by atoms with E-state index in [-0.39, 0.29) is 22.3 Å². The van der Waals surface area contributed by atoms with Crippen LogP contribution in [0.15, 0.2) is 48.5 Å². The zero-order valence-corrected chi connectivity index (χ0v) is 13.2. The lowest BCUT2D eigenvalue weighted by atomic mass is 9.73. The van der Waals surface area contributed by atoms with Crippen LogP contribution in [0.5, 0.6) is 0 Å². The summed E-state index contributed by atoms with van der Waals surface area (Å²) in [5.74, 6) is -2.34. The van der Waals surface area contributed by atoms with E-state index in [4.69, 9.17) is 10.2 Å². The minimum absolute atomic E-state index is 0.0284. The first-order valence-corrected chi connectivity index (χ1v) is 7.27. The van der Waals surface area contributed by atoms with Crippen molar-refractivity contribution in [2.45, 2.75) is 24.9 Å². The van der Waals surface area contributed by atoms with Crippen LogP contribution in [0.1, 0.15) is 45.2 Å². The van der Waals surface area contributed by atoms with Gasteiger partial charge in [-0.15, -0.1) is 0 Å². The van der Waals surface area contributed by atoms with Gasteiger partial charge in [0, 0.05) is 5.41 Å².